The molecule has 1 heterocycles. The van der Waals surface area contributed by atoms with Crippen LogP contribution in [-0.2, 0) is 16.2 Å². The Bertz CT molecular complexity index is 889. The molecular formula is C18H15NO5. The highest BCUT2D eigenvalue weighted by Gasteiger charge is 2.05. The summed E-state index contributed by atoms with van der Waals surface area (Å²) < 4.78 is 10.4. The van der Waals surface area contributed by atoms with Gasteiger partial charge in [-0.15, -0.1) is 0 Å². The second-order valence-corrected chi connectivity index (χ2v) is 5.04. The van der Waals surface area contributed by atoms with E-state index in [-0.39, 0.29) is 13.2 Å². The molecule has 0 atom stereocenters. The van der Waals surface area contributed by atoms with E-state index in [4.69, 9.17) is 14.0 Å². The zero-order chi connectivity index (χ0) is 16.8. The Morgan fingerprint density at radius 2 is 1.83 bits per heavy atom. The minimum atomic E-state index is -0.438. The third-order valence-electron chi connectivity index (χ3n) is 3.23. The first-order valence-electron chi connectivity index (χ1n) is 7.32. The summed E-state index contributed by atoms with van der Waals surface area (Å²) in [5.41, 5.74) is 3.22. The van der Waals surface area contributed by atoms with E-state index >= 15 is 0 Å². The zero-order valence-electron chi connectivity index (χ0n) is 12.7. The molecule has 0 fully saturated rings. The standard InChI is InChI=1S/C18H15NO5/c20-17(19-23-11-13-4-2-1-3-5-13)12-22-15-8-6-14-7-9-18(21)24-16(14)10-15/h1-10H,11-12H2,(H,19,20). The molecule has 3 aromatic rings. The van der Waals surface area contributed by atoms with Gasteiger partial charge in [0.15, 0.2) is 6.61 Å². The van der Waals surface area contributed by atoms with Gasteiger partial charge < -0.3 is 9.15 Å². The molecule has 6 nitrogen and oxygen atoms in total. The molecule has 0 bridgehead atoms. The molecule has 1 amide bonds. The Morgan fingerprint density at radius 1 is 1.04 bits per heavy atom. The molecule has 0 unspecified atom stereocenters. The molecule has 0 saturated heterocycles. The lowest BCUT2D eigenvalue weighted by atomic mass is 10.2. The molecule has 122 valence electrons. The molecule has 0 spiro atoms. The van der Waals surface area contributed by atoms with Gasteiger partial charge >= 0.3 is 5.63 Å². The topological polar surface area (TPSA) is 77.8 Å². The summed E-state index contributed by atoms with van der Waals surface area (Å²) >= 11 is 0. The monoisotopic (exact) mass is 325 g/mol. The van der Waals surface area contributed by atoms with Crippen molar-refractivity contribution in [3.05, 3.63) is 76.6 Å². The number of amides is 1. The molecule has 0 saturated carbocycles. The lowest BCUT2D eigenvalue weighted by molar-refractivity contribution is -0.136. The second-order valence-electron chi connectivity index (χ2n) is 5.04. The van der Waals surface area contributed by atoms with Crippen molar-refractivity contribution < 1.29 is 18.8 Å². The molecule has 1 N–H and O–H groups in total. The van der Waals surface area contributed by atoms with Crippen LogP contribution in [0, 0.1) is 0 Å². The van der Waals surface area contributed by atoms with E-state index in [0.29, 0.717) is 11.3 Å². The number of fused-ring (bicyclic) bond motifs is 1. The minimum Gasteiger partial charge on any atom is -0.484 e. The highest BCUT2D eigenvalue weighted by molar-refractivity contribution is 5.78. The molecule has 2 aromatic carbocycles. The summed E-state index contributed by atoms with van der Waals surface area (Å²) in [6, 6.07) is 17.5. The Kier molecular flexibility index (Phi) is 4.88. The molecule has 6 heteroatoms. The van der Waals surface area contributed by atoms with Gasteiger partial charge in [-0.3, -0.25) is 9.63 Å². The van der Waals surface area contributed by atoms with Crippen LogP contribution in [0.15, 0.2) is 69.9 Å². The van der Waals surface area contributed by atoms with E-state index in [0.717, 1.165) is 10.9 Å². The molecule has 1 aromatic heterocycles. The van der Waals surface area contributed by atoms with Crippen LogP contribution < -0.4 is 15.8 Å². The number of hydroxylamine groups is 1. The molecule has 3 rings (SSSR count). The van der Waals surface area contributed by atoms with Crippen molar-refractivity contribution in [3.63, 3.8) is 0 Å². The summed E-state index contributed by atoms with van der Waals surface area (Å²) in [6.45, 7) is 0.0606. The first-order chi connectivity index (χ1) is 11.7. The Morgan fingerprint density at radius 3 is 2.67 bits per heavy atom. The van der Waals surface area contributed by atoms with Crippen LogP contribution in [0.2, 0.25) is 0 Å². The lowest BCUT2D eigenvalue weighted by Crippen LogP contribution is -2.28. The summed E-state index contributed by atoms with van der Waals surface area (Å²) in [4.78, 5) is 28.0. The molecular weight excluding hydrogens is 310 g/mol. The number of carbonyl (C=O) groups excluding carboxylic acids is 1. The summed E-state index contributed by atoms with van der Waals surface area (Å²) in [5.74, 6) is 0.00982. The molecule has 0 aliphatic rings. The van der Waals surface area contributed by atoms with E-state index in [2.05, 4.69) is 5.48 Å². The van der Waals surface area contributed by atoms with Crippen LogP contribution in [-0.4, -0.2) is 12.5 Å². The van der Waals surface area contributed by atoms with Gasteiger partial charge in [0.05, 0.1) is 6.61 Å². The second kappa shape index (κ2) is 7.43. The van der Waals surface area contributed by atoms with E-state index in [1.165, 1.54) is 6.07 Å². The van der Waals surface area contributed by atoms with E-state index in [1.807, 2.05) is 30.3 Å². The average Bonchev–Trinajstić information content (AvgIpc) is 2.60. The summed E-state index contributed by atoms with van der Waals surface area (Å²) in [5, 5.41) is 0.776. The van der Waals surface area contributed by atoms with Gasteiger partial charge in [0.25, 0.3) is 5.91 Å². The van der Waals surface area contributed by atoms with E-state index < -0.39 is 11.5 Å². The largest absolute Gasteiger partial charge is 0.484 e. The molecule has 0 aliphatic heterocycles. The van der Waals surface area contributed by atoms with Crippen LogP contribution >= 0.6 is 0 Å². The number of rotatable bonds is 6. The van der Waals surface area contributed by atoms with E-state index in [9.17, 15) is 9.59 Å². The summed E-state index contributed by atoms with van der Waals surface area (Å²) in [7, 11) is 0. The van der Waals surface area contributed by atoms with Crippen molar-refractivity contribution in [3.8, 4) is 5.75 Å². The highest BCUT2D eigenvalue weighted by Crippen LogP contribution is 2.19. The third-order valence-corrected chi connectivity index (χ3v) is 3.23. The Hall–Kier alpha value is -3.12. The lowest BCUT2D eigenvalue weighted by Gasteiger charge is -2.08. The van der Waals surface area contributed by atoms with Crippen molar-refractivity contribution in [2.45, 2.75) is 6.61 Å². The fourth-order valence-electron chi connectivity index (χ4n) is 2.08. The number of benzene rings is 2. The minimum absolute atomic E-state index is 0.211. The maximum absolute atomic E-state index is 11.7. The first kappa shape index (κ1) is 15.8. The average molecular weight is 325 g/mol. The molecule has 24 heavy (non-hydrogen) atoms. The number of nitrogens with one attached hydrogen (secondary N) is 1. The van der Waals surface area contributed by atoms with Crippen molar-refractivity contribution >= 4 is 16.9 Å². The fourth-order valence-corrected chi connectivity index (χ4v) is 2.08. The van der Waals surface area contributed by atoms with E-state index in [1.54, 1.807) is 24.3 Å². The van der Waals surface area contributed by atoms with Gasteiger partial charge in [-0.05, 0) is 23.8 Å². The summed E-state index contributed by atoms with van der Waals surface area (Å²) in [6.07, 6.45) is 0. The van der Waals surface area contributed by atoms with Gasteiger partial charge in [-0.2, -0.15) is 0 Å². The molecule has 0 aliphatic carbocycles. The normalized spacial score (nSPS) is 10.5. The van der Waals surface area contributed by atoms with Crippen molar-refractivity contribution in [2.24, 2.45) is 0 Å². The van der Waals surface area contributed by atoms with Crippen molar-refractivity contribution in [1.82, 2.24) is 5.48 Å². The van der Waals surface area contributed by atoms with Crippen molar-refractivity contribution in [1.29, 1.82) is 0 Å². The zero-order valence-corrected chi connectivity index (χ0v) is 12.7. The third kappa shape index (κ3) is 4.21. The van der Waals surface area contributed by atoms with Gasteiger partial charge in [-0.25, -0.2) is 10.3 Å². The fraction of sp³-hybridized carbons (Fsp3) is 0.111. The Labute approximate surface area is 137 Å². The van der Waals surface area contributed by atoms with Crippen LogP contribution in [0.5, 0.6) is 5.75 Å². The predicted octanol–water partition coefficient (Wildman–Crippen LogP) is 2.42. The maximum atomic E-state index is 11.7. The molecule has 0 radical (unpaired) electrons. The predicted molar refractivity (Wildman–Crippen MR) is 87.4 cm³/mol. The van der Waals surface area contributed by atoms with Crippen LogP contribution in [0.25, 0.3) is 11.0 Å². The first-order valence-corrected chi connectivity index (χ1v) is 7.32. The number of hydrogen-bond acceptors (Lipinski definition) is 5. The van der Waals surface area contributed by atoms with Gasteiger partial charge in [0.2, 0.25) is 0 Å². The van der Waals surface area contributed by atoms with Crippen LogP contribution in [0.3, 0.4) is 0 Å². The van der Waals surface area contributed by atoms with Gasteiger partial charge in [0.1, 0.15) is 11.3 Å². The highest BCUT2D eigenvalue weighted by atomic mass is 16.7. The van der Waals surface area contributed by atoms with Crippen LogP contribution in [0.4, 0.5) is 0 Å². The van der Waals surface area contributed by atoms with Gasteiger partial charge in [-0.1, -0.05) is 30.3 Å². The Balaban J connectivity index is 1.50. The smallest absolute Gasteiger partial charge is 0.336 e. The van der Waals surface area contributed by atoms with Gasteiger partial charge in [0, 0.05) is 17.5 Å². The van der Waals surface area contributed by atoms with Crippen molar-refractivity contribution in [2.75, 3.05) is 6.61 Å². The SMILES string of the molecule is O=C(COc1ccc2ccc(=O)oc2c1)NOCc1ccccc1. The number of carbonyl (C=O) groups is 1. The number of hydrogen-bond donors (Lipinski definition) is 1. The van der Waals surface area contributed by atoms with Crippen LogP contribution in [0.1, 0.15) is 5.56 Å². The maximum Gasteiger partial charge on any atom is 0.336 e. The number of ether oxygens (including phenoxy) is 1. The quantitative estimate of drug-likeness (QED) is 0.556.